The van der Waals surface area contributed by atoms with Gasteiger partial charge in [0.15, 0.2) is 0 Å². The monoisotopic (exact) mass is 215 g/mol. The van der Waals surface area contributed by atoms with Gasteiger partial charge in [0.25, 0.3) is 0 Å². The second-order valence-electron chi connectivity index (χ2n) is 4.40. The van der Waals surface area contributed by atoms with Crippen LogP contribution in [0.3, 0.4) is 0 Å². The number of amidine groups is 1. The van der Waals surface area contributed by atoms with E-state index in [1.807, 2.05) is 6.92 Å². The van der Waals surface area contributed by atoms with Gasteiger partial charge < -0.3 is 15.7 Å². The molecule has 1 saturated heterocycles. The molecule has 1 aliphatic heterocycles. The molecule has 5 nitrogen and oxygen atoms in total. The third-order valence-corrected chi connectivity index (χ3v) is 2.65. The van der Waals surface area contributed by atoms with Gasteiger partial charge in [0.2, 0.25) is 0 Å². The number of ether oxygens (including phenoxy) is 1. The van der Waals surface area contributed by atoms with Crippen LogP contribution in [0.5, 0.6) is 0 Å². The van der Waals surface area contributed by atoms with Crippen LogP contribution in [0.4, 0.5) is 0 Å². The average molecular weight is 215 g/mol. The van der Waals surface area contributed by atoms with Crippen molar-refractivity contribution in [3.05, 3.63) is 0 Å². The van der Waals surface area contributed by atoms with E-state index in [0.717, 1.165) is 19.6 Å². The normalized spacial score (nSPS) is 31.5. The molecule has 3 N–H and O–H groups in total. The Morgan fingerprint density at radius 2 is 2.07 bits per heavy atom. The highest BCUT2D eigenvalue weighted by atomic mass is 16.5. The summed E-state index contributed by atoms with van der Waals surface area (Å²) in [6, 6.07) is 0. The first kappa shape index (κ1) is 12.3. The largest absolute Gasteiger partial charge is 0.409 e. The van der Waals surface area contributed by atoms with Crippen LogP contribution in [0.2, 0.25) is 0 Å². The molecule has 88 valence electrons. The Hall–Kier alpha value is -0.810. The van der Waals surface area contributed by atoms with Crippen LogP contribution in [0.1, 0.15) is 20.8 Å². The summed E-state index contributed by atoms with van der Waals surface area (Å²) < 4.78 is 5.63. The van der Waals surface area contributed by atoms with Crippen molar-refractivity contribution < 1.29 is 9.94 Å². The summed E-state index contributed by atoms with van der Waals surface area (Å²) in [5.74, 6) is 0.370. The highest BCUT2D eigenvalue weighted by Crippen LogP contribution is 2.12. The lowest BCUT2D eigenvalue weighted by Crippen LogP contribution is -2.48. The summed E-state index contributed by atoms with van der Waals surface area (Å²) in [4.78, 5) is 2.29. The molecule has 0 aliphatic carbocycles. The maximum Gasteiger partial charge on any atom is 0.143 e. The summed E-state index contributed by atoms with van der Waals surface area (Å²) in [5.41, 5.74) is 5.55. The molecule has 0 bridgehead atoms. The van der Waals surface area contributed by atoms with E-state index in [4.69, 9.17) is 15.7 Å². The van der Waals surface area contributed by atoms with E-state index < -0.39 is 0 Å². The summed E-state index contributed by atoms with van der Waals surface area (Å²) in [6.07, 6.45) is 0.515. The Morgan fingerprint density at radius 1 is 1.53 bits per heavy atom. The van der Waals surface area contributed by atoms with Gasteiger partial charge in [0, 0.05) is 25.6 Å². The topological polar surface area (TPSA) is 71.1 Å². The van der Waals surface area contributed by atoms with E-state index >= 15 is 0 Å². The Morgan fingerprint density at radius 3 is 2.53 bits per heavy atom. The van der Waals surface area contributed by atoms with Gasteiger partial charge in [0.05, 0.1) is 12.2 Å². The standard InChI is InChI=1S/C10H21N3O2/c1-7(10(11)12-14)4-13-5-8(2)15-9(3)6-13/h7-9,14H,4-6H2,1-3H3,(H2,11,12). The number of morpholine rings is 1. The minimum Gasteiger partial charge on any atom is -0.409 e. The Bertz CT molecular complexity index is 223. The minimum absolute atomic E-state index is 0.0764. The van der Waals surface area contributed by atoms with Crippen molar-refractivity contribution in [2.24, 2.45) is 16.8 Å². The first-order chi connectivity index (χ1) is 7.02. The molecule has 0 radical (unpaired) electrons. The lowest BCUT2D eigenvalue weighted by Gasteiger charge is -2.36. The molecule has 1 heterocycles. The first-order valence-electron chi connectivity index (χ1n) is 5.38. The molecule has 5 heteroatoms. The summed E-state index contributed by atoms with van der Waals surface area (Å²) in [5, 5.41) is 11.6. The Kier molecular flexibility index (Phi) is 4.35. The molecule has 0 amide bonds. The Labute approximate surface area is 90.9 Å². The van der Waals surface area contributed by atoms with Gasteiger partial charge in [-0.1, -0.05) is 12.1 Å². The third-order valence-electron chi connectivity index (χ3n) is 2.65. The van der Waals surface area contributed by atoms with E-state index in [0.29, 0.717) is 5.84 Å². The summed E-state index contributed by atoms with van der Waals surface area (Å²) >= 11 is 0. The van der Waals surface area contributed by atoms with Crippen LogP contribution in [0.25, 0.3) is 0 Å². The average Bonchev–Trinajstić information content (AvgIpc) is 2.14. The molecule has 3 unspecified atom stereocenters. The van der Waals surface area contributed by atoms with E-state index in [1.54, 1.807) is 0 Å². The van der Waals surface area contributed by atoms with Crippen molar-refractivity contribution in [3.63, 3.8) is 0 Å². The fraction of sp³-hybridized carbons (Fsp3) is 0.900. The fourth-order valence-corrected chi connectivity index (χ4v) is 2.01. The lowest BCUT2D eigenvalue weighted by molar-refractivity contribution is -0.0693. The van der Waals surface area contributed by atoms with Crippen LogP contribution in [-0.2, 0) is 4.74 Å². The highest BCUT2D eigenvalue weighted by molar-refractivity contribution is 5.82. The van der Waals surface area contributed by atoms with Crippen molar-refractivity contribution in [1.82, 2.24) is 4.90 Å². The number of nitrogens with zero attached hydrogens (tertiary/aromatic N) is 2. The molecule has 0 aromatic heterocycles. The van der Waals surface area contributed by atoms with Gasteiger partial charge in [-0.3, -0.25) is 4.90 Å². The van der Waals surface area contributed by atoms with E-state index in [2.05, 4.69) is 23.9 Å². The van der Waals surface area contributed by atoms with Gasteiger partial charge in [-0.05, 0) is 13.8 Å². The second-order valence-corrected chi connectivity index (χ2v) is 4.40. The maximum absolute atomic E-state index is 8.56. The first-order valence-corrected chi connectivity index (χ1v) is 5.38. The smallest absolute Gasteiger partial charge is 0.143 e. The second kappa shape index (κ2) is 5.32. The molecule has 3 atom stereocenters. The number of hydrogen-bond acceptors (Lipinski definition) is 4. The summed E-state index contributed by atoms with van der Waals surface area (Å²) in [7, 11) is 0. The predicted octanol–water partition coefficient (Wildman–Crippen LogP) is 0.478. The third kappa shape index (κ3) is 3.68. The SMILES string of the molecule is CC1CN(CC(C)/C(N)=N/O)CC(C)O1. The van der Waals surface area contributed by atoms with E-state index in [9.17, 15) is 0 Å². The van der Waals surface area contributed by atoms with Gasteiger partial charge in [-0.2, -0.15) is 0 Å². The zero-order valence-electron chi connectivity index (χ0n) is 9.68. The lowest BCUT2D eigenvalue weighted by atomic mass is 10.1. The molecule has 0 aromatic rings. The predicted molar refractivity (Wildman–Crippen MR) is 59.0 cm³/mol. The molecule has 0 aromatic carbocycles. The van der Waals surface area contributed by atoms with E-state index in [-0.39, 0.29) is 18.1 Å². The van der Waals surface area contributed by atoms with Gasteiger partial charge >= 0.3 is 0 Å². The molecular weight excluding hydrogens is 194 g/mol. The molecular formula is C10H21N3O2. The molecule has 0 spiro atoms. The highest BCUT2D eigenvalue weighted by Gasteiger charge is 2.24. The maximum atomic E-state index is 8.56. The van der Waals surface area contributed by atoms with Crippen LogP contribution in [0, 0.1) is 5.92 Å². The van der Waals surface area contributed by atoms with Crippen molar-refractivity contribution >= 4 is 5.84 Å². The number of nitrogens with two attached hydrogens (primary N) is 1. The number of oxime groups is 1. The van der Waals surface area contributed by atoms with Crippen LogP contribution >= 0.6 is 0 Å². The summed E-state index contributed by atoms with van der Waals surface area (Å²) in [6.45, 7) is 8.72. The zero-order valence-corrected chi connectivity index (χ0v) is 9.68. The van der Waals surface area contributed by atoms with Gasteiger partial charge in [-0.15, -0.1) is 0 Å². The molecule has 1 aliphatic rings. The van der Waals surface area contributed by atoms with E-state index in [1.165, 1.54) is 0 Å². The van der Waals surface area contributed by atoms with Gasteiger partial charge in [-0.25, -0.2) is 0 Å². The number of rotatable bonds is 3. The van der Waals surface area contributed by atoms with Crippen LogP contribution < -0.4 is 5.73 Å². The molecule has 1 rings (SSSR count). The van der Waals surface area contributed by atoms with Crippen molar-refractivity contribution in [3.8, 4) is 0 Å². The molecule has 15 heavy (non-hydrogen) atoms. The Balaban J connectivity index is 2.44. The fourth-order valence-electron chi connectivity index (χ4n) is 2.01. The quantitative estimate of drug-likeness (QED) is 0.311. The molecule has 1 fully saturated rings. The van der Waals surface area contributed by atoms with Crippen molar-refractivity contribution in [2.45, 2.75) is 33.0 Å². The minimum atomic E-state index is 0.0764. The molecule has 0 saturated carbocycles. The van der Waals surface area contributed by atoms with Gasteiger partial charge in [0.1, 0.15) is 5.84 Å². The number of hydrogen-bond donors (Lipinski definition) is 2. The van der Waals surface area contributed by atoms with Crippen LogP contribution in [-0.4, -0.2) is 47.8 Å². The van der Waals surface area contributed by atoms with Crippen LogP contribution in [0.15, 0.2) is 5.16 Å². The van der Waals surface area contributed by atoms with Crippen molar-refractivity contribution in [1.29, 1.82) is 0 Å². The zero-order chi connectivity index (χ0) is 11.4. The van der Waals surface area contributed by atoms with Crippen molar-refractivity contribution in [2.75, 3.05) is 19.6 Å².